The van der Waals surface area contributed by atoms with Gasteiger partial charge in [-0.3, -0.25) is 10.3 Å². The van der Waals surface area contributed by atoms with Crippen LogP contribution >= 0.6 is 0 Å². The lowest BCUT2D eigenvalue weighted by molar-refractivity contribution is 0.0344. The van der Waals surface area contributed by atoms with Crippen LogP contribution in [0.15, 0.2) is 12.3 Å². The van der Waals surface area contributed by atoms with Crippen LogP contribution in [0.1, 0.15) is 19.5 Å². The molecule has 0 aliphatic carbocycles. The second kappa shape index (κ2) is 5.72. The van der Waals surface area contributed by atoms with Crippen LogP contribution in [0.25, 0.3) is 0 Å². The first-order valence-electron chi connectivity index (χ1n) is 6.72. The van der Waals surface area contributed by atoms with Gasteiger partial charge < -0.3 is 15.7 Å². The van der Waals surface area contributed by atoms with E-state index in [-0.39, 0.29) is 5.84 Å². The number of aliphatic hydroxyl groups is 1. The Kier molecular flexibility index (Phi) is 4.20. The zero-order valence-electron chi connectivity index (χ0n) is 12.0. The molecule has 110 valence electrons. The van der Waals surface area contributed by atoms with E-state index in [2.05, 4.69) is 19.8 Å². The number of anilines is 1. The summed E-state index contributed by atoms with van der Waals surface area (Å²) in [4.78, 5) is 12.8. The molecule has 1 aliphatic rings. The zero-order chi connectivity index (χ0) is 14.8. The van der Waals surface area contributed by atoms with Crippen molar-refractivity contribution in [3.8, 4) is 0 Å². The fourth-order valence-corrected chi connectivity index (χ4v) is 2.30. The Balaban J connectivity index is 1.97. The van der Waals surface area contributed by atoms with Crippen molar-refractivity contribution < 1.29 is 5.11 Å². The molecule has 20 heavy (non-hydrogen) atoms. The van der Waals surface area contributed by atoms with Gasteiger partial charge in [-0.15, -0.1) is 0 Å². The summed E-state index contributed by atoms with van der Waals surface area (Å²) in [5, 5.41) is 17.2. The van der Waals surface area contributed by atoms with E-state index in [0.717, 1.165) is 26.2 Å². The second-order valence-electron chi connectivity index (χ2n) is 5.73. The van der Waals surface area contributed by atoms with Gasteiger partial charge in [0.25, 0.3) is 0 Å². The Morgan fingerprint density at radius 2 is 2.05 bits per heavy atom. The van der Waals surface area contributed by atoms with Gasteiger partial charge in [0.05, 0.1) is 5.60 Å². The van der Waals surface area contributed by atoms with Gasteiger partial charge in [0.15, 0.2) is 0 Å². The SMILES string of the molecule is CC(C)(O)CN1CCN(c2nccc(C(=N)N)n2)CC1. The molecule has 0 spiro atoms. The molecule has 0 atom stereocenters. The summed E-state index contributed by atoms with van der Waals surface area (Å²) in [6.07, 6.45) is 1.63. The van der Waals surface area contributed by atoms with Crippen molar-refractivity contribution in [2.45, 2.75) is 19.4 Å². The lowest BCUT2D eigenvalue weighted by Gasteiger charge is -2.37. The van der Waals surface area contributed by atoms with Crippen LogP contribution in [0.3, 0.4) is 0 Å². The lowest BCUT2D eigenvalue weighted by atomic mass is 10.1. The molecule has 0 amide bonds. The van der Waals surface area contributed by atoms with E-state index < -0.39 is 5.60 Å². The molecule has 2 rings (SSSR count). The predicted octanol–water partition coefficient (Wildman–Crippen LogP) is -0.346. The minimum atomic E-state index is -0.673. The molecule has 1 fully saturated rings. The Morgan fingerprint density at radius 3 is 2.60 bits per heavy atom. The van der Waals surface area contributed by atoms with Crippen molar-refractivity contribution in [2.75, 3.05) is 37.6 Å². The highest BCUT2D eigenvalue weighted by Gasteiger charge is 2.23. The maximum atomic E-state index is 9.83. The van der Waals surface area contributed by atoms with E-state index in [1.54, 1.807) is 12.3 Å². The van der Waals surface area contributed by atoms with Crippen molar-refractivity contribution in [1.29, 1.82) is 5.41 Å². The highest BCUT2D eigenvalue weighted by Crippen LogP contribution is 2.13. The molecule has 0 unspecified atom stereocenters. The molecule has 1 aromatic heterocycles. The van der Waals surface area contributed by atoms with Crippen LogP contribution in [-0.2, 0) is 0 Å². The first kappa shape index (κ1) is 14.7. The first-order valence-corrected chi connectivity index (χ1v) is 6.72. The van der Waals surface area contributed by atoms with E-state index >= 15 is 0 Å². The van der Waals surface area contributed by atoms with Gasteiger partial charge in [-0.25, -0.2) is 9.97 Å². The number of nitrogens with one attached hydrogen (secondary N) is 1. The van der Waals surface area contributed by atoms with Crippen molar-refractivity contribution in [2.24, 2.45) is 5.73 Å². The number of amidine groups is 1. The second-order valence-corrected chi connectivity index (χ2v) is 5.73. The summed E-state index contributed by atoms with van der Waals surface area (Å²) >= 11 is 0. The standard InChI is InChI=1S/C13H22N6O/c1-13(2,20)9-18-5-7-19(8-6-18)12-16-4-3-10(17-12)11(14)15/h3-4,20H,5-9H2,1-2H3,(H3,14,15). The number of aromatic nitrogens is 2. The Bertz CT molecular complexity index is 476. The maximum Gasteiger partial charge on any atom is 0.226 e. The molecular weight excluding hydrogens is 256 g/mol. The number of nitrogens with two attached hydrogens (primary N) is 1. The highest BCUT2D eigenvalue weighted by molar-refractivity contribution is 5.93. The number of hydrogen-bond acceptors (Lipinski definition) is 6. The number of β-amino-alcohol motifs (C(OH)–C–C–N with tert-alkyl or cyclic N) is 1. The number of piperazine rings is 1. The zero-order valence-corrected chi connectivity index (χ0v) is 12.0. The minimum Gasteiger partial charge on any atom is -0.389 e. The molecule has 0 radical (unpaired) electrons. The van der Waals surface area contributed by atoms with Gasteiger partial charge in [0.1, 0.15) is 11.5 Å². The fraction of sp³-hybridized carbons (Fsp3) is 0.615. The molecule has 2 heterocycles. The topological polar surface area (TPSA) is 102 Å². The summed E-state index contributed by atoms with van der Waals surface area (Å²) < 4.78 is 0. The largest absolute Gasteiger partial charge is 0.389 e. The number of nitrogen functional groups attached to an aromatic ring is 1. The molecular formula is C13H22N6O. The third kappa shape index (κ3) is 3.88. The summed E-state index contributed by atoms with van der Waals surface area (Å²) in [7, 11) is 0. The molecule has 0 saturated carbocycles. The van der Waals surface area contributed by atoms with Crippen molar-refractivity contribution in [3.05, 3.63) is 18.0 Å². The van der Waals surface area contributed by atoms with Crippen LogP contribution in [0.4, 0.5) is 5.95 Å². The van der Waals surface area contributed by atoms with Gasteiger partial charge in [0, 0.05) is 38.9 Å². The summed E-state index contributed by atoms with van der Waals surface area (Å²) in [6, 6.07) is 1.64. The van der Waals surface area contributed by atoms with E-state index in [9.17, 15) is 5.11 Å². The molecule has 7 nitrogen and oxygen atoms in total. The minimum absolute atomic E-state index is 0.0469. The maximum absolute atomic E-state index is 9.83. The highest BCUT2D eigenvalue weighted by atomic mass is 16.3. The summed E-state index contributed by atoms with van der Waals surface area (Å²) in [5.41, 5.74) is 5.22. The van der Waals surface area contributed by atoms with Crippen LogP contribution in [0.2, 0.25) is 0 Å². The average Bonchev–Trinajstić information content (AvgIpc) is 2.38. The third-order valence-electron chi connectivity index (χ3n) is 3.18. The van der Waals surface area contributed by atoms with Crippen molar-refractivity contribution >= 4 is 11.8 Å². The molecule has 1 aliphatic heterocycles. The Hall–Kier alpha value is -1.73. The smallest absolute Gasteiger partial charge is 0.226 e. The third-order valence-corrected chi connectivity index (χ3v) is 3.18. The van der Waals surface area contributed by atoms with Crippen molar-refractivity contribution in [1.82, 2.24) is 14.9 Å². The fourth-order valence-electron chi connectivity index (χ4n) is 2.30. The molecule has 1 aromatic rings. The van der Waals surface area contributed by atoms with E-state index in [0.29, 0.717) is 18.2 Å². The van der Waals surface area contributed by atoms with Crippen LogP contribution in [0.5, 0.6) is 0 Å². The van der Waals surface area contributed by atoms with Crippen molar-refractivity contribution in [3.63, 3.8) is 0 Å². The van der Waals surface area contributed by atoms with Gasteiger partial charge in [-0.2, -0.15) is 0 Å². The van der Waals surface area contributed by atoms with Gasteiger partial charge >= 0.3 is 0 Å². The number of hydrogen-bond donors (Lipinski definition) is 3. The van der Waals surface area contributed by atoms with Gasteiger partial charge in [0.2, 0.25) is 5.95 Å². The van der Waals surface area contributed by atoms with Crippen LogP contribution in [0, 0.1) is 5.41 Å². The number of rotatable bonds is 4. The summed E-state index contributed by atoms with van der Waals surface area (Å²) in [5.74, 6) is 0.565. The van der Waals surface area contributed by atoms with Crippen LogP contribution < -0.4 is 10.6 Å². The normalized spacial score (nSPS) is 17.2. The molecule has 0 aromatic carbocycles. The Labute approximate surface area is 118 Å². The van der Waals surface area contributed by atoms with Crippen LogP contribution in [-0.4, -0.2) is 64.1 Å². The molecule has 4 N–H and O–H groups in total. The Morgan fingerprint density at radius 1 is 1.40 bits per heavy atom. The quantitative estimate of drug-likeness (QED) is 0.514. The monoisotopic (exact) mass is 278 g/mol. The first-order chi connectivity index (χ1) is 9.35. The molecule has 7 heteroatoms. The van der Waals surface area contributed by atoms with E-state index in [1.165, 1.54) is 0 Å². The molecule has 0 bridgehead atoms. The van der Waals surface area contributed by atoms with Gasteiger partial charge in [-0.05, 0) is 19.9 Å². The van der Waals surface area contributed by atoms with E-state index in [4.69, 9.17) is 11.1 Å². The van der Waals surface area contributed by atoms with E-state index in [1.807, 2.05) is 13.8 Å². The predicted molar refractivity (Wildman–Crippen MR) is 78.0 cm³/mol. The lowest BCUT2D eigenvalue weighted by Crippen LogP contribution is -2.51. The van der Waals surface area contributed by atoms with Gasteiger partial charge in [-0.1, -0.05) is 0 Å². The average molecular weight is 278 g/mol. The molecule has 1 saturated heterocycles. The summed E-state index contributed by atoms with van der Waals surface area (Å²) in [6.45, 7) is 7.62. The number of nitrogens with zero attached hydrogens (tertiary/aromatic N) is 4.